The van der Waals surface area contributed by atoms with Crippen molar-refractivity contribution >= 4 is 52.5 Å². The van der Waals surface area contributed by atoms with E-state index in [1.54, 1.807) is 24.3 Å². The van der Waals surface area contributed by atoms with Gasteiger partial charge in [-0.25, -0.2) is 4.68 Å². The fourth-order valence-corrected chi connectivity index (χ4v) is 4.01. The van der Waals surface area contributed by atoms with E-state index in [1.165, 1.54) is 16.4 Å². The second kappa shape index (κ2) is 9.05. The lowest BCUT2D eigenvalue weighted by Crippen LogP contribution is -2.28. The first-order valence-electron chi connectivity index (χ1n) is 8.19. The van der Waals surface area contributed by atoms with Crippen molar-refractivity contribution in [1.82, 2.24) is 20.2 Å². The minimum atomic E-state index is -0.221. The number of rotatable bonds is 6. The second-order valence-electron chi connectivity index (χ2n) is 5.90. The highest BCUT2D eigenvalue weighted by Gasteiger charge is 2.17. The summed E-state index contributed by atoms with van der Waals surface area (Å²) >= 11 is 19.4. The van der Waals surface area contributed by atoms with Crippen LogP contribution >= 0.6 is 46.6 Å². The van der Waals surface area contributed by atoms with Gasteiger partial charge in [-0.1, -0.05) is 64.8 Å². The Morgan fingerprint density at radius 3 is 2.64 bits per heavy atom. The van der Waals surface area contributed by atoms with Crippen molar-refractivity contribution in [2.45, 2.75) is 18.1 Å². The van der Waals surface area contributed by atoms with E-state index in [4.69, 9.17) is 40.6 Å². The van der Waals surface area contributed by atoms with Crippen LogP contribution in [0.3, 0.4) is 0 Å². The highest BCUT2D eigenvalue weighted by Crippen LogP contribution is 2.30. The van der Waals surface area contributed by atoms with Gasteiger partial charge in [-0.05, 0) is 36.8 Å². The molecule has 0 bridgehead atoms. The van der Waals surface area contributed by atoms with E-state index in [0.29, 0.717) is 31.6 Å². The van der Waals surface area contributed by atoms with Crippen molar-refractivity contribution in [3.63, 3.8) is 0 Å². The molecule has 1 amide bonds. The molecule has 1 heterocycles. The van der Waals surface area contributed by atoms with Gasteiger partial charge < -0.3 is 11.2 Å². The zero-order valence-electron chi connectivity index (χ0n) is 14.7. The van der Waals surface area contributed by atoms with Crippen molar-refractivity contribution in [1.29, 1.82) is 0 Å². The molecular formula is C18H16Cl3N5OS. The standard InChI is InChI=1S/C18H16Cl3N5OS/c1-10(12-4-2-3-5-14(12)20)23-16(27)9-28-18-25-24-17(26(18)22)13-7-6-11(19)8-15(13)21/h2-8,10H,9,22H2,1H3,(H,23,27). The van der Waals surface area contributed by atoms with Crippen LogP contribution in [0, 0.1) is 0 Å². The molecule has 0 radical (unpaired) electrons. The molecule has 3 aromatic rings. The molecule has 0 fully saturated rings. The van der Waals surface area contributed by atoms with Crippen LogP contribution in [0.4, 0.5) is 0 Å². The van der Waals surface area contributed by atoms with E-state index >= 15 is 0 Å². The second-order valence-corrected chi connectivity index (χ2v) is 8.09. The number of nitrogens with one attached hydrogen (secondary N) is 1. The Bertz CT molecular complexity index is 1010. The number of carbonyl (C=O) groups excluding carboxylic acids is 1. The van der Waals surface area contributed by atoms with Gasteiger partial charge in [0.05, 0.1) is 16.8 Å². The molecule has 28 heavy (non-hydrogen) atoms. The van der Waals surface area contributed by atoms with E-state index < -0.39 is 0 Å². The van der Waals surface area contributed by atoms with E-state index in [0.717, 1.165) is 5.56 Å². The molecule has 0 spiro atoms. The van der Waals surface area contributed by atoms with Gasteiger partial charge in [0.1, 0.15) is 0 Å². The molecule has 146 valence electrons. The summed E-state index contributed by atoms with van der Waals surface area (Å²) in [5.74, 6) is 6.40. The van der Waals surface area contributed by atoms with Crippen molar-refractivity contribution in [2.24, 2.45) is 0 Å². The zero-order valence-corrected chi connectivity index (χ0v) is 17.8. The van der Waals surface area contributed by atoms with Crippen molar-refractivity contribution in [2.75, 3.05) is 11.6 Å². The maximum atomic E-state index is 12.3. The van der Waals surface area contributed by atoms with Crippen LogP contribution in [0.5, 0.6) is 0 Å². The third kappa shape index (κ3) is 4.72. The number of aromatic nitrogens is 3. The molecular weight excluding hydrogens is 441 g/mol. The summed E-state index contributed by atoms with van der Waals surface area (Å²) in [5.41, 5.74) is 1.45. The Balaban J connectivity index is 1.64. The van der Waals surface area contributed by atoms with Gasteiger partial charge in [0.25, 0.3) is 0 Å². The number of hydrogen-bond donors (Lipinski definition) is 2. The highest BCUT2D eigenvalue weighted by molar-refractivity contribution is 7.99. The normalized spacial score (nSPS) is 12.0. The Kier molecular flexibility index (Phi) is 6.72. The van der Waals surface area contributed by atoms with Gasteiger partial charge in [-0.3, -0.25) is 4.79 Å². The number of hydrogen-bond acceptors (Lipinski definition) is 5. The first kappa shape index (κ1) is 20.8. The summed E-state index contributed by atoms with van der Waals surface area (Å²) in [6, 6.07) is 12.2. The fraction of sp³-hybridized carbons (Fsp3) is 0.167. The number of thioether (sulfide) groups is 1. The molecule has 3 N–H and O–H groups in total. The predicted molar refractivity (Wildman–Crippen MR) is 114 cm³/mol. The smallest absolute Gasteiger partial charge is 0.230 e. The quantitative estimate of drug-likeness (QED) is 0.418. The summed E-state index contributed by atoms with van der Waals surface area (Å²) in [4.78, 5) is 12.3. The van der Waals surface area contributed by atoms with E-state index in [-0.39, 0.29) is 17.7 Å². The SMILES string of the molecule is CC(NC(=O)CSc1nnc(-c2ccc(Cl)cc2Cl)n1N)c1ccccc1Cl. The van der Waals surface area contributed by atoms with Crippen LogP contribution in [0.1, 0.15) is 18.5 Å². The van der Waals surface area contributed by atoms with Crippen LogP contribution in [0.25, 0.3) is 11.4 Å². The van der Waals surface area contributed by atoms with Crippen LogP contribution in [0.15, 0.2) is 47.6 Å². The summed E-state index contributed by atoms with van der Waals surface area (Å²) in [6.07, 6.45) is 0. The third-order valence-corrected chi connectivity index (χ3v) is 5.75. The lowest BCUT2D eigenvalue weighted by molar-refractivity contribution is -0.119. The molecule has 0 aliphatic heterocycles. The first-order valence-corrected chi connectivity index (χ1v) is 10.3. The lowest BCUT2D eigenvalue weighted by atomic mass is 10.1. The summed E-state index contributed by atoms with van der Waals surface area (Å²) in [5, 5.41) is 12.9. The molecule has 0 saturated heterocycles. The number of nitrogen functional groups attached to an aromatic ring is 1. The number of halogens is 3. The van der Waals surface area contributed by atoms with Crippen LogP contribution in [-0.2, 0) is 4.79 Å². The van der Waals surface area contributed by atoms with Crippen molar-refractivity contribution < 1.29 is 4.79 Å². The Morgan fingerprint density at radius 2 is 1.93 bits per heavy atom. The summed E-state index contributed by atoms with van der Waals surface area (Å²) < 4.78 is 1.30. The Labute approximate surface area is 181 Å². The Hall–Kier alpha value is -1.93. The molecule has 3 rings (SSSR count). The van der Waals surface area contributed by atoms with Gasteiger partial charge in [-0.2, -0.15) is 0 Å². The average molecular weight is 457 g/mol. The van der Waals surface area contributed by atoms with E-state index in [2.05, 4.69) is 15.5 Å². The number of amides is 1. The minimum absolute atomic E-state index is 0.123. The third-order valence-electron chi connectivity index (χ3n) is 3.92. The van der Waals surface area contributed by atoms with Gasteiger partial charge in [0.2, 0.25) is 11.1 Å². The maximum absolute atomic E-state index is 12.3. The summed E-state index contributed by atoms with van der Waals surface area (Å²) in [7, 11) is 0. The predicted octanol–water partition coefficient (Wildman–Crippen LogP) is 4.59. The highest BCUT2D eigenvalue weighted by atomic mass is 35.5. The fourth-order valence-electron chi connectivity index (χ4n) is 2.55. The molecule has 1 atom stereocenters. The minimum Gasteiger partial charge on any atom is -0.349 e. The molecule has 0 aliphatic carbocycles. The number of nitrogens with two attached hydrogens (primary N) is 1. The van der Waals surface area contributed by atoms with Gasteiger partial charge in [0, 0.05) is 15.6 Å². The van der Waals surface area contributed by atoms with Gasteiger partial charge >= 0.3 is 0 Å². The molecule has 6 nitrogen and oxygen atoms in total. The number of nitrogens with zero attached hydrogens (tertiary/aromatic N) is 3. The van der Waals surface area contributed by atoms with Crippen molar-refractivity contribution in [3.05, 3.63) is 63.1 Å². The first-order chi connectivity index (χ1) is 13.4. The van der Waals surface area contributed by atoms with E-state index in [9.17, 15) is 4.79 Å². The number of carbonyl (C=O) groups is 1. The van der Waals surface area contributed by atoms with Crippen molar-refractivity contribution in [3.8, 4) is 11.4 Å². The van der Waals surface area contributed by atoms with Crippen LogP contribution < -0.4 is 11.2 Å². The van der Waals surface area contributed by atoms with Crippen LogP contribution in [0.2, 0.25) is 15.1 Å². The molecule has 0 saturated carbocycles. The maximum Gasteiger partial charge on any atom is 0.230 e. The summed E-state index contributed by atoms with van der Waals surface area (Å²) in [6.45, 7) is 1.87. The molecule has 1 unspecified atom stereocenters. The van der Waals surface area contributed by atoms with Gasteiger partial charge in [0.15, 0.2) is 5.82 Å². The largest absolute Gasteiger partial charge is 0.349 e. The topological polar surface area (TPSA) is 85.8 Å². The molecule has 1 aromatic heterocycles. The number of benzene rings is 2. The molecule has 10 heteroatoms. The monoisotopic (exact) mass is 455 g/mol. The lowest BCUT2D eigenvalue weighted by Gasteiger charge is -2.15. The average Bonchev–Trinajstić information content (AvgIpc) is 3.01. The zero-order chi connectivity index (χ0) is 20.3. The van der Waals surface area contributed by atoms with Crippen LogP contribution in [-0.4, -0.2) is 26.5 Å². The van der Waals surface area contributed by atoms with E-state index in [1.807, 2.05) is 25.1 Å². The molecule has 0 aliphatic rings. The molecule has 2 aromatic carbocycles. The van der Waals surface area contributed by atoms with Gasteiger partial charge in [-0.15, -0.1) is 10.2 Å². The Morgan fingerprint density at radius 1 is 1.18 bits per heavy atom.